The Kier molecular flexibility index (Phi) is 15.8. The lowest BCUT2D eigenvalue weighted by Gasteiger charge is -2.27. The van der Waals surface area contributed by atoms with Gasteiger partial charge in [-0.25, -0.2) is 4.79 Å². The minimum atomic E-state index is -1.68. The molecule has 0 unspecified atom stereocenters. The lowest BCUT2D eigenvalue weighted by Crippen LogP contribution is -2.59. The molecule has 6 amide bonds. The smallest absolute Gasteiger partial charge is 0.408 e. The second-order valence-electron chi connectivity index (χ2n) is 15.9. The lowest BCUT2D eigenvalue weighted by atomic mass is 10.0. The Balaban J connectivity index is 1.35. The van der Waals surface area contributed by atoms with Crippen LogP contribution in [0.15, 0.2) is 103 Å². The fourth-order valence-corrected chi connectivity index (χ4v) is 6.92. The molecule has 326 valence electrons. The van der Waals surface area contributed by atoms with Crippen LogP contribution in [-0.2, 0) is 41.6 Å². The normalized spacial score (nSPS) is 13.2. The van der Waals surface area contributed by atoms with Gasteiger partial charge in [-0.05, 0) is 74.1 Å². The first-order valence-electron chi connectivity index (χ1n) is 20.3. The molecule has 4 atom stereocenters. The number of hydrogen-bond acceptors (Lipinski definition) is 8. The number of para-hydroxylation sites is 1. The number of unbranched alkanes of at least 4 members (excludes halogenated alkanes) is 1. The quantitative estimate of drug-likeness (QED) is 0.0526. The van der Waals surface area contributed by atoms with Crippen LogP contribution in [0, 0.1) is 0 Å². The first kappa shape index (κ1) is 45.8. The zero-order valence-electron chi connectivity index (χ0n) is 34.9. The molecule has 9 N–H and O–H groups in total. The number of aromatic amines is 1. The SMILES string of the molecule is CC(C)(C)OC(=O)N[C@@H](Cc1c[nH]c2ccccc12)C(=O)N[C@@H](CCCCNC(=O)c1cccc2ccccc12)C(=O)N[C@@H](CC(=O)O)C(=O)N[C@@H](Cc1ccccc1)C(N)=O. The molecular weight excluding hydrogens is 795 g/mol. The number of amides is 6. The number of aliphatic carboxylic acids is 1. The van der Waals surface area contributed by atoms with E-state index < -0.39 is 71.9 Å². The van der Waals surface area contributed by atoms with Crippen molar-refractivity contribution in [1.82, 2.24) is 31.6 Å². The summed E-state index contributed by atoms with van der Waals surface area (Å²) < 4.78 is 5.46. The van der Waals surface area contributed by atoms with Gasteiger partial charge >= 0.3 is 12.1 Å². The van der Waals surface area contributed by atoms with E-state index in [9.17, 15) is 38.7 Å². The number of fused-ring (bicyclic) bond motifs is 2. The highest BCUT2D eigenvalue weighted by Crippen LogP contribution is 2.21. The Morgan fingerprint density at radius 3 is 2.00 bits per heavy atom. The van der Waals surface area contributed by atoms with Crippen LogP contribution in [0.5, 0.6) is 0 Å². The standard InChI is InChI=1S/C46H53N7O9/c1-46(2,3)62-45(61)53-37(25-30-27-49-34-21-10-9-19-32(30)34)43(59)50-35(22-11-12-23-48-41(57)33-20-13-17-29-16-7-8-18-31(29)33)42(58)52-38(26-39(54)55)44(60)51-36(40(47)56)24-28-14-5-4-6-15-28/h4-10,13-21,27,35-38,49H,11-12,22-26H2,1-3H3,(H2,47,56)(H,48,57)(H,50,59)(H,51,60)(H,52,58)(H,53,61)(H,54,55)/t35-,36-,37-,38-/m0/s1. The fraction of sp³-hybridized carbons (Fsp3) is 0.326. The van der Waals surface area contributed by atoms with Crippen LogP contribution < -0.4 is 32.3 Å². The van der Waals surface area contributed by atoms with Crippen molar-refractivity contribution in [3.63, 3.8) is 0 Å². The predicted octanol–water partition coefficient (Wildman–Crippen LogP) is 4.01. The molecule has 1 heterocycles. The van der Waals surface area contributed by atoms with E-state index in [1.165, 1.54) is 0 Å². The zero-order chi connectivity index (χ0) is 44.8. The average Bonchev–Trinajstić information content (AvgIpc) is 3.63. The summed E-state index contributed by atoms with van der Waals surface area (Å²) in [6.07, 6.45) is 0.591. The predicted molar refractivity (Wildman–Crippen MR) is 233 cm³/mol. The molecule has 0 radical (unpaired) electrons. The maximum Gasteiger partial charge on any atom is 0.408 e. The molecule has 0 aliphatic heterocycles. The Morgan fingerprint density at radius 1 is 0.677 bits per heavy atom. The molecule has 0 bridgehead atoms. The molecule has 16 heteroatoms. The van der Waals surface area contributed by atoms with Crippen molar-refractivity contribution >= 4 is 63.3 Å². The van der Waals surface area contributed by atoms with Gasteiger partial charge in [-0.15, -0.1) is 0 Å². The molecule has 0 saturated carbocycles. The molecule has 16 nitrogen and oxygen atoms in total. The third-order valence-corrected chi connectivity index (χ3v) is 9.93. The third-order valence-electron chi connectivity index (χ3n) is 9.93. The van der Waals surface area contributed by atoms with Crippen molar-refractivity contribution < 1.29 is 43.4 Å². The molecule has 62 heavy (non-hydrogen) atoms. The van der Waals surface area contributed by atoms with Gasteiger partial charge in [0, 0.05) is 42.0 Å². The molecule has 5 aromatic rings. The number of ether oxygens (including phenoxy) is 1. The molecule has 4 aromatic carbocycles. The van der Waals surface area contributed by atoms with Gasteiger partial charge in [0.25, 0.3) is 5.91 Å². The second kappa shape index (κ2) is 21.3. The first-order valence-corrected chi connectivity index (χ1v) is 20.3. The number of carbonyl (C=O) groups excluding carboxylic acids is 6. The number of nitrogens with one attached hydrogen (secondary N) is 6. The highest BCUT2D eigenvalue weighted by molar-refractivity contribution is 6.07. The summed E-state index contributed by atoms with van der Waals surface area (Å²) in [6.45, 7) is 5.23. The van der Waals surface area contributed by atoms with Crippen molar-refractivity contribution in [1.29, 1.82) is 0 Å². The summed E-state index contributed by atoms with van der Waals surface area (Å²) in [6, 6.07) is 23.5. The maximum absolute atomic E-state index is 14.2. The number of nitrogens with two attached hydrogens (primary N) is 1. The Hall–Kier alpha value is -7.23. The van der Waals surface area contributed by atoms with Crippen LogP contribution in [0.2, 0.25) is 0 Å². The first-order chi connectivity index (χ1) is 29.6. The molecule has 0 spiro atoms. The minimum absolute atomic E-state index is 0.00777. The van der Waals surface area contributed by atoms with Crippen LogP contribution >= 0.6 is 0 Å². The molecule has 0 saturated heterocycles. The van der Waals surface area contributed by atoms with Gasteiger partial charge in [-0.3, -0.25) is 28.8 Å². The van der Waals surface area contributed by atoms with E-state index >= 15 is 0 Å². The number of hydrogen-bond donors (Lipinski definition) is 8. The number of carboxylic acids is 1. The summed E-state index contributed by atoms with van der Waals surface area (Å²) in [5.41, 5.74) is 7.36. The van der Waals surface area contributed by atoms with Crippen molar-refractivity contribution in [2.24, 2.45) is 5.73 Å². The third kappa shape index (κ3) is 13.4. The average molecular weight is 848 g/mol. The minimum Gasteiger partial charge on any atom is -0.481 e. The van der Waals surface area contributed by atoms with Crippen molar-refractivity contribution in [3.8, 4) is 0 Å². The van der Waals surface area contributed by atoms with Gasteiger partial charge in [-0.2, -0.15) is 0 Å². The topological polar surface area (TPSA) is 251 Å². The van der Waals surface area contributed by atoms with Crippen LogP contribution in [0.4, 0.5) is 4.79 Å². The molecule has 0 aliphatic rings. The number of aromatic nitrogens is 1. The summed E-state index contributed by atoms with van der Waals surface area (Å²) >= 11 is 0. The highest BCUT2D eigenvalue weighted by Gasteiger charge is 2.33. The second-order valence-corrected chi connectivity index (χ2v) is 15.9. The van der Waals surface area contributed by atoms with E-state index in [0.717, 1.165) is 21.7 Å². The van der Waals surface area contributed by atoms with E-state index in [0.29, 0.717) is 23.1 Å². The molecule has 0 fully saturated rings. The highest BCUT2D eigenvalue weighted by atomic mass is 16.6. The van der Waals surface area contributed by atoms with Crippen LogP contribution in [0.3, 0.4) is 0 Å². The van der Waals surface area contributed by atoms with Gasteiger partial charge in [0.15, 0.2) is 0 Å². The van der Waals surface area contributed by atoms with E-state index in [1.54, 1.807) is 69.4 Å². The number of alkyl carbamates (subject to hydrolysis) is 1. The van der Waals surface area contributed by atoms with Crippen molar-refractivity contribution in [3.05, 3.63) is 120 Å². The number of primary amides is 1. The van der Waals surface area contributed by atoms with E-state index in [-0.39, 0.29) is 38.1 Å². The van der Waals surface area contributed by atoms with E-state index in [2.05, 4.69) is 31.6 Å². The van der Waals surface area contributed by atoms with Crippen LogP contribution in [0.1, 0.15) is 67.9 Å². The summed E-state index contributed by atoms with van der Waals surface area (Å²) in [5, 5.41) is 25.4. The number of H-pyrrole nitrogens is 1. The number of benzene rings is 4. The van der Waals surface area contributed by atoms with Gasteiger partial charge in [-0.1, -0.05) is 84.9 Å². The number of carbonyl (C=O) groups is 7. The summed E-state index contributed by atoms with van der Waals surface area (Å²) in [5.74, 6) is -5.24. The van der Waals surface area contributed by atoms with Gasteiger partial charge in [0.05, 0.1) is 6.42 Å². The van der Waals surface area contributed by atoms with E-state index in [1.807, 2.05) is 54.6 Å². The van der Waals surface area contributed by atoms with Gasteiger partial charge in [0.1, 0.15) is 29.8 Å². The Bertz CT molecular complexity index is 2390. The largest absolute Gasteiger partial charge is 0.481 e. The zero-order valence-corrected chi connectivity index (χ0v) is 34.9. The molecular formula is C46H53N7O9. The number of rotatable bonds is 20. The lowest BCUT2D eigenvalue weighted by molar-refractivity contribution is -0.141. The van der Waals surface area contributed by atoms with Crippen LogP contribution in [-0.4, -0.2) is 88.0 Å². The maximum atomic E-state index is 14.2. The Morgan fingerprint density at radius 2 is 1.29 bits per heavy atom. The van der Waals surface area contributed by atoms with Crippen LogP contribution in [0.25, 0.3) is 21.7 Å². The van der Waals surface area contributed by atoms with Crippen molar-refractivity contribution in [2.45, 2.75) is 89.1 Å². The summed E-state index contributed by atoms with van der Waals surface area (Å²) in [4.78, 5) is 95.6. The summed E-state index contributed by atoms with van der Waals surface area (Å²) in [7, 11) is 0. The molecule has 5 rings (SSSR count). The van der Waals surface area contributed by atoms with Gasteiger partial charge in [0.2, 0.25) is 23.6 Å². The number of carboxylic acid groups (broad SMARTS) is 1. The van der Waals surface area contributed by atoms with E-state index in [4.69, 9.17) is 10.5 Å². The fourth-order valence-electron chi connectivity index (χ4n) is 6.92. The van der Waals surface area contributed by atoms with Crippen molar-refractivity contribution in [2.75, 3.05) is 6.54 Å². The van der Waals surface area contributed by atoms with Gasteiger partial charge < -0.3 is 47.1 Å². The molecule has 0 aliphatic carbocycles. The molecule has 1 aromatic heterocycles. The Labute approximate surface area is 358 Å². The monoisotopic (exact) mass is 847 g/mol.